The van der Waals surface area contributed by atoms with E-state index in [4.69, 9.17) is 28.4 Å². The summed E-state index contributed by atoms with van der Waals surface area (Å²) < 4.78 is 32.4. The third-order valence-electron chi connectivity index (χ3n) is 6.70. The Kier molecular flexibility index (Phi) is 10.2. The molecule has 0 saturated carbocycles. The molecule has 3 heterocycles. The molecule has 15 atom stereocenters. The zero-order valence-corrected chi connectivity index (χ0v) is 19.3. The van der Waals surface area contributed by atoms with Gasteiger partial charge in [0, 0.05) is 13.0 Å². The smallest absolute Gasteiger partial charge is 0.187 e. The summed E-state index contributed by atoms with van der Waals surface area (Å²) in [5, 5.41) is 91.4. The molecule has 0 aromatic carbocycles. The van der Waals surface area contributed by atoms with Crippen LogP contribution in [0.3, 0.4) is 0 Å². The van der Waals surface area contributed by atoms with Gasteiger partial charge in [0.25, 0.3) is 0 Å². The zero-order chi connectivity index (χ0) is 26.0. The molecule has 0 aromatic rings. The molecule has 15 nitrogen and oxygen atoms in total. The van der Waals surface area contributed by atoms with Crippen LogP contribution in [0.5, 0.6) is 0 Å². The molecule has 0 amide bonds. The van der Waals surface area contributed by atoms with E-state index in [0.29, 0.717) is 0 Å². The summed E-state index contributed by atoms with van der Waals surface area (Å²) >= 11 is 0. The Bertz CT molecular complexity index is 650. The molecular weight excluding hydrogens is 480 g/mol. The fraction of sp³-hybridized carbons (Fsp3) is 1.00. The molecule has 206 valence electrons. The van der Waals surface area contributed by atoms with Gasteiger partial charge in [0.15, 0.2) is 18.9 Å². The normalized spacial score (nSPS) is 51.3. The molecule has 3 rings (SSSR count). The number of hydrogen-bond donors (Lipinski definition) is 9. The van der Waals surface area contributed by atoms with E-state index < -0.39 is 112 Å². The van der Waals surface area contributed by atoms with E-state index in [1.54, 1.807) is 6.92 Å². The Morgan fingerprint density at radius 3 is 1.34 bits per heavy atom. The number of hydrogen-bond acceptors (Lipinski definition) is 15. The first-order valence-electron chi connectivity index (χ1n) is 11.3. The lowest BCUT2D eigenvalue weighted by Gasteiger charge is -2.48. The summed E-state index contributed by atoms with van der Waals surface area (Å²) in [5.41, 5.74) is 0. The predicted molar refractivity (Wildman–Crippen MR) is 109 cm³/mol. The Labute approximate surface area is 200 Å². The van der Waals surface area contributed by atoms with Crippen molar-refractivity contribution in [1.29, 1.82) is 0 Å². The van der Waals surface area contributed by atoms with Crippen LogP contribution in [0.4, 0.5) is 0 Å². The van der Waals surface area contributed by atoms with Gasteiger partial charge in [0.05, 0.1) is 32.0 Å². The minimum absolute atomic E-state index is 0.482. The summed E-state index contributed by atoms with van der Waals surface area (Å²) in [6.45, 7) is -0.329. The van der Waals surface area contributed by atoms with Crippen molar-refractivity contribution < 1.29 is 74.4 Å². The van der Waals surface area contributed by atoms with E-state index in [0.717, 1.165) is 0 Å². The second-order valence-electron chi connectivity index (χ2n) is 8.92. The number of rotatable bonds is 8. The molecule has 3 fully saturated rings. The molecule has 15 unspecified atom stereocenters. The Morgan fingerprint density at radius 2 is 0.914 bits per heavy atom. The number of aliphatic hydroxyl groups is 9. The van der Waals surface area contributed by atoms with E-state index >= 15 is 0 Å². The van der Waals surface area contributed by atoms with Gasteiger partial charge in [0.1, 0.15) is 54.9 Å². The molecule has 0 aliphatic carbocycles. The lowest BCUT2D eigenvalue weighted by atomic mass is 9.91. The van der Waals surface area contributed by atoms with Gasteiger partial charge in [-0.15, -0.1) is 0 Å². The minimum Gasteiger partial charge on any atom is -0.394 e. The monoisotopic (exact) mass is 516 g/mol. The average Bonchev–Trinajstić information content (AvgIpc) is 2.86. The maximum absolute atomic E-state index is 10.7. The van der Waals surface area contributed by atoms with Crippen molar-refractivity contribution in [2.24, 2.45) is 5.92 Å². The van der Waals surface area contributed by atoms with Gasteiger partial charge >= 0.3 is 0 Å². The summed E-state index contributed by atoms with van der Waals surface area (Å²) in [4.78, 5) is 0. The van der Waals surface area contributed by atoms with Crippen molar-refractivity contribution in [2.75, 3.05) is 26.9 Å². The van der Waals surface area contributed by atoms with Crippen LogP contribution in [0.1, 0.15) is 6.92 Å². The van der Waals surface area contributed by atoms with Crippen LogP contribution < -0.4 is 0 Å². The SMILES string of the molecule is COC1OC(CO)C(OC2OC(CO)C(OC3OC(CO)C(C)C(O)C3O)C(O)C2O)C(O)C1O. The Morgan fingerprint density at radius 1 is 0.543 bits per heavy atom. The maximum atomic E-state index is 10.7. The fourth-order valence-corrected chi connectivity index (χ4v) is 4.45. The average molecular weight is 516 g/mol. The van der Waals surface area contributed by atoms with Crippen LogP contribution in [0, 0.1) is 5.92 Å². The van der Waals surface area contributed by atoms with Gasteiger partial charge in [-0.05, 0) is 0 Å². The summed E-state index contributed by atoms with van der Waals surface area (Å²) in [5.74, 6) is -0.629. The maximum Gasteiger partial charge on any atom is 0.187 e. The van der Waals surface area contributed by atoms with Crippen molar-refractivity contribution >= 4 is 0 Å². The number of methoxy groups -OCH3 is 1. The fourth-order valence-electron chi connectivity index (χ4n) is 4.45. The summed E-state index contributed by atoms with van der Waals surface area (Å²) in [7, 11) is 1.22. The highest BCUT2D eigenvalue weighted by Gasteiger charge is 2.53. The second-order valence-corrected chi connectivity index (χ2v) is 8.92. The minimum atomic E-state index is -1.83. The largest absolute Gasteiger partial charge is 0.394 e. The standard InChI is InChI=1S/C20H36O15/c1-6-7(3-21)31-19(13(27)10(6)24)34-17-9(5-23)33-20(15(29)12(17)26)35-16-8(4-22)32-18(30-2)14(28)11(16)25/h6-29H,3-5H2,1-2H3. The van der Waals surface area contributed by atoms with Gasteiger partial charge in [-0.3, -0.25) is 0 Å². The van der Waals surface area contributed by atoms with Gasteiger partial charge in [0.2, 0.25) is 0 Å². The van der Waals surface area contributed by atoms with E-state index in [1.807, 2.05) is 0 Å². The lowest BCUT2D eigenvalue weighted by molar-refractivity contribution is -0.377. The lowest BCUT2D eigenvalue weighted by Crippen LogP contribution is -2.66. The quantitative estimate of drug-likeness (QED) is 0.146. The summed E-state index contributed by atoms with van der Waals surface area (Å²) in [6, 6.07) is 0. The highest BCUT2D eigenvalue weighted by atomic mass is 16.8. The predicted octanol–water partition coefficient (Wildman–Crippen LogP) is -5.64. The third kappa shape index (κ3) is 5.79. The van der Waals surface area contributed by atoms with Gasteiger partial charge in [-0.2, -0.15) is 0 Å². The molecule has 3 aliphatic heterocycles. The first-order valence-corrected chi connectivity index (χ1v) is 11.3. The van der Waals surface area contributed by atoms with E-state index in [-0.39, 0.29) is 0 Å². The van der Waals surface area contributed by atoms with E-state index in [2.05, 4.69) is 0 Å². The molecule has 0 bridgehead atoms. The molecule has 3 saturated heterocycles. The highest BCUT2D eigenvalue weighted by molar-refractivity contribution is 4.96. The van der Waals surface area contributed by atoms with Crippen LogP contribution in [-0.4, -0.2) is 159 Å². The number of ether oxygens (including phenoxy) is 6. The molecule has 0 spiro atoms. The molecule has 0 aromatic heterocycles. The molecule has 15 heteroatoms. The molecule has 9 N–H and O–H groups in total. The molecule has 0 radical (unpaired) electrons. The first kappa shape index (κ1) is 29.0. The topological polar surface area (TPSA) is 237 Å². The van der Waals surface area contributed by atoms with Crippen molar-refractivity contribution in [3.8, 4) is 0 Å². The van der Waals surface area contributed by atoms with Gasteiger partial charge in [-0.1, -0.05) is 6.92 Å². The Balaban J connectivity index is 1.72. The Hall–Kier alpha value is -0.600. The highest BCUT2D eigenvalue weighted by Crippen LogP contribution is 2.33. The van der Waals surface area contributed by atoms with E-state index in [1.165, 1.54) is 7.11 Å². The van der Waals surface area contributed by atoms with Crippen molar-refractivity contribution in [2.45, 2.75) is 92.9 Å². The molecule has 3 aliphatic rings. The van der Waals surface area contributed by atoms with Crippen LogP contribution in [0.2, 0.25) is 0 Å². The molecular formula is C20H36O15. The van der Waals surface area contributed by atoms with E-state index in [9.17, 15) is 46.0 Å². The second kappa shape index (κ2) is 12.3. The van der Waals surface area contributed by atoms with Crippen LogP contribution in [-0.2, 0) is 28.4 Å². The number of aliphatic hydroxyl groups excluding tert-OH is 9. The van der Waals surface area contributed by atoms with Crippen molar-refractivity contribution in [3.63, 3.8) is 0 Å². The third-order valence-corrected chi connectivity index (χ3v) is 6.70. The van der Waals surface area contributed by atoms with Crippen LogP contribution in [0.25, 0.3) is 0 Å². The van der Waals surface area contributed by atoms with Gasteiger partial charge < -0.3 is 74.4 Å². The summed E-state index contributed by atoms with van der Waals surface area (Å²) in [6.07, 6.45) is -20.5. The van der Waals surface area contributed by atoms with Crippen molar-refractivity contribution in [3.05, 3.63) is 0 Å². The first-order chi connectivity index (χ1) is 16.6. The van der Waals surface area contributed by atoms with Crippen LogP contribution in [0.15, 0.2) is 0 Å². The van der Waals surface area contributed by atoms with Crippen molar-refractivity contribution in [1.82, 2.24) is 0 Å². The zero-order valence-electron chi connectivity index (χ0n) is 19.3. The molecule has 35 heavy (non-hydrogen) atoms. The van der Waals surface area contributed by atoms with Gasteiger partial charge in [-0.25, -0.2) is 0 Å². The van der Waals surface area contributed by atoms with Crippen LogP contribution >= 0.6 is 0 Å².